The van der Waals surface area contributed by atoms with E-state index in [1.165, 1.54) is 17.0 Å². The number of nitrogens with two attached hydrogens (primary N) is 1. The van der Waals surface area contributed by atoms with Crippen LogP contribution in [0.4, 0.5) is 11.4 Å². The van der Waals surface area contributed by atoms with Crippen LogP contribution in [0.15, 0.2) is 42.5 Å². The molecule has 1 saturated heterocycles. The Morgan fingerprint density at radius 2 is 2.00 bits per heavy atom. The van der Waals surface area contributed by atoms with Crippen molar-refractivity contribution in [2.75, 3.05) is 23.4 Å². The van der Waals surface area contributed by atoms with E-state index in [1.807, 2.05) is 0 Å². The Hall–Kier alpha value is -3.76. The van der Waals surface area contributed by atoms with Crippen LogP contribution in [0.25, 0.3) is 0 Å². The molecule has 2 aromatic carbocycles. The number of hydrogen-bond acceptors (Lipinski definition) is 6. The van der Waals surface area contributed by atoms with Crippen LogP contribution in [-0.2, 0) is 20.9 Å². The molecule has 0 saturated carbocycles. The smallest absolute Gasteiger partial charge is 0.259 e. The molecular weight excluding hydrogens is 402 g/mol. The van der Waals surface area contributed by atoms with Crippen molar-refractivity contribution in [2.24, 2.45) is 5.73 Å². The van der Waals surface area contributed by atoms with E-state index >= 15 is 0 Å². The summed E-state index contributed by atoms with van der Waals surface area (Å²) < 4.78 is 5.40. The summed E-state index contributed by atoms with van der Waals surface area (Å²) in [6.45, 7) is 0.800. The third kappa shape index (κ3) is 3.98. The van der Waals surface area contributed by atoms with E-state index in [2.05, 4.69) is 10.6 Å². The Morgan fingerprint density at radius 1 is 1.26 bits per heavy atom. The van der Waals surface area contributed by atoms with Gasteiger partial charge in [-0.3, -0.25) is 19.8 Å². The quantitative estimate of drug-likeness (QED) is 0.335. The fourth-order valence-electron chi connectivity index (χ4n) is 3.54. The van der Waals surface area contributed by atoms with Crippen molar-refractivity contribution in [3.05, 3.63) is 59.2 Å². The molecule has 2 aliphatic heterocycles. The van der Waals surface area contributed by atoms with Crippen LogP contribution in [0, 0.1) is 5.41 Å². The molecule has 10 nitrogen and oxygen atoms in total. The number of carbonyl (C=O) groups is 3. The molecular formula is C21H21N5O5. The first-order valence-electron chi connectivity index (χ1n) is 9.62. The number of aliphatic hydroxyl groups is 1. The highest BCUT2D eigenvalue weighted by molar-refractivity contribution is 6.05. The van der Waals surface area contributed by atoms with Gasteiger partial charge in [-0.1, -0.05) is 6.07 Å². The molecule has 0 radical (unpaired) electrons. The summed E-state index contributed by atoms with van der Waals surface area (Å²) in [5.74, 6) is -1.68. The van der Waals surface area contributed by atoms with Gasteiger partial charge in [0.05, 0.1) is 6.61 Å². The van der Waals surface area contributed by atoms with Crippen LogP contribution < -0.4 is 21.3 Å². The average molecular weight is 423 g/mol. The zero-order chi connectivity index (χ0) is 22.1. The predicted octanol–water partition coefficient (Wildman–Crippen LogP) is -0.0545. The normalized spacial score (nSPS) is 18.9. The van der Waals surface area contributed by atoms with E-state index in [-0.39, 0.29) is 24.9 Å². The van der Waals surface area contributed by atoms with Gasteiger partial charge in [0.1, 0.15) is 5.84 Å². The number of nitrogen functional groups attached to an aromatic ring is 1. The van der Waals surface area contributed by atoms with E-state index in [0.717, 1.165) is 5.56 Å². The third-order valence-corrected chi connectivity index (χ3v) is 5.23. The van der Waals surface area contributed by atoms with Crippen LogP contribution in [0.3, 0.4) is 0 Å². The summed E-state index contributed by atoms with van der Waals surface area (Å²) in [6, 6.07) is 11.3. The maximum absolute atomic E-state index is 12.9. The van der Waals surface area contributed by atoms with Crippen LogP contribution in [0.2, 0.25) is 0 Å². The van der Waals surface area contributed by atoms with Gasteiger partial charge in [-0.15, -0.1) is 0 Å². The number of morpholine rings is 1. The fourth-order valence-corrected chi connectivity index (χ4v) is 3.54. The molecule has 0 aromatic heterocycles. The Bertz CT molecular complexity index is 1070. The van der Waals surface area contributed by atoms with Crippen LogP contribution in [0.1, 0.15) is 21.5 Å². The highest BCUT2D eigenvalue weighted by Crippen LogP contribution is 2.26. The molecule has 0 spiro atoms. The lowest BCUT2D eigenvalue weighted by atomic mass is 10.1. The number of hydrogen-bond donors (Lipinski definition) is 5. The molecule has 2 heterocycles. The van der Waals surface area contributed by atoms with Gasteiger partial charge in [-0.2, -0.15) is 0 Å². The van der Waals surface area contributed by atoms with Crippen molar-refractivity contribution in [3.63, 3.8) is 0 Å². The summed E-state index contributed by atoms with van der Waals surface area (Å²) in [6.07, 6.45) is -3.12. The van der Waals surface area contributed by atoms with Crippen molar-refractivity contribution in [3.8, 4) is 0 Å². The highest BCUT2D eigenvalue weighted by atomic mass is 16.5. The minimum atomic E-state index is -1.74. The highest BCUT2D eigenvalue weighted by Gasteiger charge is 2.39. The largest absolute Gasteiger partial charge is 0.384 e. The number of anilines is 2. The maximum atomic E-state index is 12.9. The second-order valence-electron chi connectivity index (χ2n) is 7.23. The molecule has 0 aliphatic carbocycles. The lowest BCUT2D eigenvalue weighted by Gasteiger charge is -2.34. The SMILES string of the molecule is N=C(N)c1ccc(NC(=O)[C@H](O)[C@H]2OCCN(c3ccc4c(c3)C(=O)NC4)C2=O)cc1. The third-order valence-electron chi connectivity index (χ3n) is 5.23. The lowest BCUT2D eigenvalue weighted by Crippen LogP contribution is -2.55. The van der Waals surface area contributed by atoms with E-state index in [4.69, 9.17) is 15.9 Å². The Kier molecular flexibility index (Phi) is 5.40. The predicted molar refractivity (Wildman–Crippen MR) is 112 cm³/mol. The molecule has 31 heavy (non-hydrogen) atoms. The Labute approximate surface area is 177 Å². The van der Waals surface area contributed by atoms with Gasteiger partial charge in [0.25, 0.3) is 17.7 Å². The van der Waals surface area contributed by atoms with Gasteiger partial charge in [0, 0.05) is 35.6 Å². The summed E-state index contributed by atoms with van der Waals surface area (Å²) in [7, 11) is 0. The molecule has 2 aromatic rings. The molecule has 0 unspecified atom stereocenters. The van der Waals surface area contributed by atoms with Crippen molar-refractivity contribution < 1.29 is 24.2 Å². The summed E-state index contributed by atoms with van der Waals surface area (Å²) in [5.41, 5.74) is 8.11. The number of aliphatic hydroxyl groups excluding tert-OH is 1. The topological polar surface area (TPSA) is 158 Å². The lowest BCUT2D eigenvalue weighted by molar-refractivity contribution is -0.150. The number of ether oxygens (including phenoxy) is 1. The van der Waals surface area contributed by atoms with E-state index in [1.54, 1.807) is 30.3 Å². The molecule has 2 atom stereocenters. The van der Waals surface area contributed by atoms with E-state index in [0.29, 0.717) is 29.0 Å². The molecule has 0 bridgehead atoms. The van der Waals surface area contributed by atoms with Crippen molar-refractivity contribution in [1.82, 2.24) is 5.32 Å². The number of nitrogens with one attached hydrogen (secondary N) is 3. The maximum Gasteiger partial charge on any atom is 0.259 e. The zero-order valence-electron chi connectivity index (χ0n) is 16.4. The molecule has 3 amide bonds. The molecule has 160 valence electrons. The van der Waals surface area contributed by atoms with Gasteiger partial charge < -0.3 is 31.1 Å². The van der Waals surface area contributed by atoms with Crippen LogP contribution in [0.5, 0.6) is 0 Å². The number of carbonyl (C=O) groups excluding carboxylic acids is 3. The number of fused-ring (bicyclic) bond motifs is 1. The second-order valence-corrected chi connectivity index (χ2v) is 7.23. The number of benzene rings is 2. The number of amides is 3. The number of nitrogens with zero attached hydrogens (tertiary/aromatic N) is 1. The first-order chi connectivity index (χ1) is 14.8. The van der Waals surface area contributed by atoms with Gasteiger partial charge in [-0.25, -0.2) is 0 Å². The molecule has 2 aliphatic rings. The molecule has 4 rings (SSSR count). The average Bonchev–Trinajstić information content (AvgIpc) is 3.14. The van der Waals surface area contributed by atoms with E-state index < -0.39 is 24.0 Å². The van der Waals surface area contributed by atoms with Gasteiger partial charge in [0.2, 0.25) is 0 Å². The molecule has 6 N–H and O–H groups in total. The first-order valence-corrected chi connectivity index (χ1v) is 9.62. The Balaban J connectivity index is 1.47. The first kappa shape index (κ1) is 20.5. The monoisotopic (exact) mass is 423 g/mol. The molecule has 1 fully saturated rings. The van der Waals surface area contributed by atoms with Crippen molar-refractivity contribution >= 4 is 34.9 Å². The summed E-state index contributed by atoms with van der Waals surface area (Å²) in [5, 5.41) is 23.1. The number of rotatable bonds is 5. The number of amidine groups is 1. The van der Waals surface area contributed by atoms with Gasteiger partial charge >= 0.3 is 0 Å². The van der Waals surface area contributed by atoms with Gasteiger partial charge in [0.15, 0.2) is 12.2 Å². The second kappa shape index (κ2) is 8.17. The standard InChI is InChI=1S/C21H21N5O5/c22-18(23)11-1-4-13(5-2-11)25-20(29)16(27)17-21(30)26(7-8-31-17)14-6-3-12-10-24-19(28)15(12)9-14/h1-6,9,16-17,27H,7-8,10H2,(H3,22,23)(H,24,28)(H,25,29)/t16-,17-/m1/s1. The fraction of sp³-hybridized carbons (Fsp3) is 0.238. The van der Waals surface area contributed by atoms with Crippen LogP contribution >= 0.6 is 0 Å². The van der Waals surface area contributed by atoms with Crippen molar-refractivity contribution in [2.45, 2.75) is 18.8 Å². The van der Waals surface area contributed by atoms with E-state index in [9.17, 15) is 19.5 Å². The molecule has 10 heteroatoms. The Morgan fingerprint density at radius 3 is 2.71 bits per heavy atom. The summed E-state index contributed by atoms with van der Waals surface area (Å²) >= 11 is 0. The van der Waals surface area contributed by atoms with Gasteiger partial charge in [-0.05, 0) is 42.0 Å². The van der Waals surface area contributed by atoms with Crippen molar-refractivity contribution in [1.29, 1.82) is 5.41 Å². The van der Waals surface area contributed by atoms with Crippen LogP contribution in [-0.4, -0.2) is 54.0 Å². The zero-order valence-corrected chi connectivity index (χ0v) is 16.4. The minimum absolute atomic E-state index is 0.108. The minimum Gasteiger partial charge on any atom is -0.384 e. The summed E-state index contributed by atoms with van der Waals surface area (Å²) in [4.78, 5) is 38.8.